The number of thioether (sulfide) groups is 1. The van der Waals surface area contributed by atoms with E-state index in [0.29, 0.717) is 17.0 Å². The van der Waals surface area contributed by atoms with Crippen molar-refractivity contribution in [1.29, 1.82) is 0 Å². The summed E-state index contributed by atoms with van der Waals surface area (Å²) >= 11 is 1.48. The summed E-state index contributed by atoms with van der Waals surface area (Å²) in [6, 6.07) is 25.0. The van der Waals surface area contributed by atoms with E-state index in [1.807, 2.05) is 24.3 Å². The second-order valence-electron chi connectivity index (χ2n) is 7.03. The fraction of sp³-hybridized carbons (Fsp3) is 0.120. The summed E-state index contributed by atoms with van der Waals surface area (Å²) in [4.78, 5) is 28.1. The number of benzene rings is 3. The van der Waals surface area contributed by atoms with Crippen molar-refractivity contribution in [3.8, 4) is 0 Å². The molecule has 4 rings (SSSR count). The lowest BCUT2D eigenvalue weighted by molar-refractivity contribution is -0.115. The van der Waals surface area contributed by atoms with Gasteiger partial charge in [0.1, 0.15) is 5.76 Å². The molecular formula is C25H22N2O3S. The highest BCUT2D eigenvalue weighted by Gasteiger charge is 2.18. The number of carbonyl (C=O) groups is 2. The predicted octanol–water partition coefficient (Wildman–Crippen LogP) is 5.12. The first-order valence-corrected chi connectivity index (χ1v) is 10.9. The molecule has 2 amide bonds. The molecular weight excluding hydrogens is 408 g/mol. The number of anilines is 1. The molecule has 1 aromatic heterocycles. The van der Waals surface area contributed by atoms with Crippen LogP contribution in [0, 0.1) is 0 Å². The Morgan fingerprint density at radius 2 is 1.71 bits per heavy atom. The standard InChI is InChI=1S/C25H22N2O3S/c1-27(24(28)17-31-21-13-12-18-7-2-3-8-19(18)15-21)23-11-5-4-10-22(23)25(29)26-16-20-9-6-14-30-20/h2-15H,16-17H2,1H3,(H,26,29). The molecule has 0 aliphatic heterocycles. The van der Waals surface area contributed by atoms with Crippen LogP contribution in [0.15, 0.2) is 94.4 Å². The van der Waals surface area contributed by atoms with Crippen LogP contribution in [0.3, 0.4) is 0 Å². The van der Waals surface area contributed by atoms with Crippen molar-refractivity contribution in [3.05, 3.63) is 96.4 Å². The summed E-state index contributed by atoms with van der Waals surface area (Å²) < 4.78 is 5.25. The Balaban J connectivity index is 1.42. The smallest absolute Gasteiger partial charge is 0.253 e. The van der Waals surface area contributed by atoms with Gasteiger partial charge >= 0.3 is 0 Å². The van der Waals surface area contributed by atoms with E-state index < -0.39 is 0 Å². The molecule has 0 saturated heterocycles. The molecule has 31 heavy (non-hydrogen) atoms. The van der Waals surface area contributed by atoms with E-state index in [9.17, 15) is 9.59 Å². The van der Waals surface area contributed by atoms with E-state index in [-0.39, 0.29) is 24.1 Å². The Hall–Kier alpha value is -3.51. The molecule has 0 fully saturated rings. The molecule has 0 aliphatic rings. The molecule has 0 unspecified atom stereocenters. The molecule has 1 heterocycles. The van der Waals surface area contributed by atoms with Crippen molar-refractivity contribution in [1.82, 2.24) is 5.32 Å². The van der Waals surface area contributed by atoms with Crippen LogP contribution in [0.5, 0.6) is 0 Å². The lowest BCUT2D eigenvalue weighted by Gasteiger charge is -2.20. The highest BCUT2D eigenvalue weighted by molar-refractivity contribution is 8.00. The number of rotatable bonds is 7. The van der Waals surface area contributed by atoms with Gasteiger partial charge in [-0.05, 0) is 47.2 Å². The molecule has 0 aliphatic carbocycles. The van der Waals surface area contributed by atoms with Gasteiger partial charge < -0.3 is 14.6 Å². The fourth-order valence-corrected chi connectivity index (χ4v) is 4.13. The zero-order valence-electron chi connectivity index (χ0n) is 17.1. The first-order valence-electron chi connectivity index (χ1n) is 9.89. The summed E-state index contributed by atoms with van der Waals surface area (Å²) in [6.45, 7) is 0.287. The van der Waals surface area contributed by atoms with E-state index in [1.165, 1.54) is 22.0 Å². The number of nitrogens with one attached hydrogen (secondary N) is 1. The summed E-state index contributed by atoms with van der Waals surface area (Å²) in [5.74, 6) is 0.609. The lowest BCUT2D eigenvalue weighted by atomic mass is 10.1. The molecule has 0 bridgehead atoms. The van der Waals surface area contributed by atoms with Crippen LogP contribution >= 0.6 is 11.8 Å². The zero-order chi connectivity index (χ0) is 21.6. The van der Waals surface area contributed by atoms with Crippen LogP contribution < -0.4 is 10.2 Å². The van der Waals surface area contributed by atoms with Gasteiger partial charge in [-0.2, -0.15) is 0 Å². The molecule has 0 spiro atoms. The number of amides is 2. The third kappa shape index (κ3) is 4.98. The Morgan fingerprint density at radius 1 is 0.935 bits per heavy atom. The maximum atomic E-state index is 12.9. The number of nitrogens with zero attached hydrogens (tertiary/aromatic N) is 1. The van der Waals surface area contributed by atoms with Gasteiger partial charge in [-0.25, -0.2) is 0 Å². The third-order valence-electron chi connectivity index (χ3n) is 4.97. The Bertz CT molecular complexity index is 1200. The first-order chi connectivity index (χ1) is 15.1. The zero-order valence-corrected chi connectivity index (χ0v) is 17.9. The van der Waals surface area contributed by atoms with Crippen LogP contribution in [0.25, 0.3) is 10.8 Å². The van der Waals surface area contributed by atoms with Crippen molar-refractivity contribution in [2.45, 2.75) is 11.4 Å². The minimum absolute atomic E-state index is 0.0792. The van der Waals surface area contributed by atoms with Crippen LogP contribution in [0.4, 0.5) is 5.69 Å². The van der Waals surface area contributed by atoms with Crippen molar-refractivity contribution in [3.63, 3.8) is 0 Å². The van der Waals surface area contributed by atoms with Gasteiger partial charge in [0.2, 0.25) is 5.91 Å². The topological polar surface area (TPSA) is 62.6 Å². The normalized spacial score (nSPS) is 10.7. The van der Waals surface area contributed by atoms with Crippen molar-refractivity contribution in [2.24, 2.45) is 0 Å². The Labute approximate surface area is 185 Å². The van der Waals surface area contributed by atoms with E-state index in [1.54, 1.807) is 43.6 Å². The van der Waals surface area contributed by atoms with Gasteiger partial charge in [-0.1, -0.05) is 42.5 Å². The fourth-order valence-electron chi connectivity index (χ4n) is 3.27. The summed E-state index contributed by atoms with van der Waals surface area (Å²) in [7, 11) is 1.70. The minimum Gasteiger partial charge on any atom is -0.467 e. The number of fused-ring (bicyclic) bond motifs is 1. The van der Waals surface area contributed by atoms with Crippen molar-refractivity contribution >= 4 is 40.0 Å². The first kappa shape index (κ1) is 20.8. The largest absolute Gasteiger partial charge is 0.467 e. The molecule has 0 atom stereocenters. The predicted molar refractivity (Wildman–Crippen MR) is 124 cm³/mol. The molecule has 5 nitrogen and oxygen atoms in total. The number of para-hydroxylation sites is 1. The Morgan fingerprint density at radius 3 is 2.52 bits per heavy atom. The van der Waals surface area contributed by atoms with E-state index in [4.69, 9.17) is 4.42 Å². The molecule has 156 valence electrons. The highest BCUT2D eigenvalue weighted by atomic mass is 32.2. The number of carbonyl (C=O) groups excluding carboxylic acids is 2. The minimum atomic E-state index is -0.256. The van der Waals surface area contributed by atoms with E-state index >= 15 is 0 Å². The van der Waals surface area contributed by atoms with Crippen LogP contribution in [0.2, 0.25) is 0 Å². The van der Waals surface area contributed by atoms with E-state index in [2.05, 4.69) is 29.6 Å². The maximum Gasteiger partial charge on any atom is 0.253 e. The van der Waals surface area contributed by atoms with Crippen molar-refractivity contribution in [2.75, 3.05) is 17.7 Å². The number of furan rings is 1. The monoisotopic (exact) mass is 430 g/mol. The van der Waals surface area contributed by atoms with Crippen LogP contribution in [0.1, 0.15) is 16.1 Å². The highest BCUT2D eigenvalue weighted by Crippen LogP contribution is 2.25. The van der Waals surface area contributed by atoms with Gasteiger partial charge in [-0.3, -0.25) is 9.59 Å². The quantitative estimate of drug-likeness (QED) is 0.414. The second-order valence-corrected chi connectivity index (χ2v) is 8.08. The van der Waals surface area contributed by atoms with Gasteiger partial charge in [0, 0.05) is 11.9 Å². The van der Waals surface area contributed by atoms with Crippen LogP contribution in [-0.2, 0) is 11.3 Å². The van der Waals surface area contributed by atoms with E-state index in [0.717, 1.165) is 10.3 Å². The van der Waals surface area contributed by atoms with Crippen molar-refractivity contribution < 1.29 is 14.0 Å². The summed E-state index contributed by atoms with van der Waals surface area (Å²) in [5.41, 5.74) is 1.02. The Kier molecular flexibility index (Phi) is 6.38. The molecule has 1 N–H and O–H groups in total. The average molecular weight is 431 g/mol. The molecule has 0 saturated carbocycles. The van der Waals surface area contributed by atoms with Gasteiger partial charge in [0.05, 0.1) is 29.8 Å². The molecule has 0 radical (unpaired) electrons. The lowest BCUT2D eigenvalue weighted by Crippen LogP contribution is -2.31. The molecule has 6 heteroatoms. The van der Waals surface area contributed by atoms with Crippen LogP contribution in [-0.4, -0.2) is 24.6 Å². The van der Waals surface area contributed by atoms with Gasteiger partial charge in [-0.15, -0.1) is 11.8 Å². The molecule has 3 aromatic carbocycles. The van der Waals surface area contributed by atoms with Gasteiger partial charge in [0.15, 0.2) is 0 Å². The number of hydrogen-bond acceptors (Lipinski definition) is 4. The maximum absolute atomic E-state index is 12.9. The SMILES string of the molecule is CN(C(=O)CSc1ccc2ccccc2c1)c1ccccc1C(=O)NCc1ccco1. The summed E-state index contributed by atoms with van der Waals surface area (Å²) in [5, 5.41) is 5.15. The average Bonchev–Trinajstić information content (AvgIpc) is 3.34. The third-order valence-corrected chi connectivity index (χ3v) is 5.95. The number of hydrogen-bond donors (Lipinski definition) is 1. The summed E-state index contributed by atoms with van der Waals surface area (Å²) in [6.07, 6.45) is 1.56. The molecule has 4 aromatic rings. The van der Waals surface area contributed by atoms with Gasteiger partial charge in [0.25, 0.3) is 5.91 Å². The second kappa shape index (κ2) is 9.53.